The van der Waals surface area contributed by atoms with Crippen LogP contribution in [0, 0.1) is 0 Å². The van der Waals surface area contributed by atoms with Gasteiger partial charge in [0, 0.05) is 37.8 Å². The molecular formula is C55H41NS. The third-order valence-corrected chi connectivity index (χ3v) is 12.8. The van der Waals surface area contributed by atoms with Gasteiger partial charge in [-0.05, 0) is 104 Å². The summed E-state index contributed by atoms with van der Waals surface area (Å²) in [6.45, 7) is 4.81. The Morgan fingerprint density at radius 3 is 1.14 bits per heavy atom. The van der Waals surface area contributed by atoms with Crippen molar-refractivity contribution in [3.05, 3.63) is 223 Å². The van der Waals surface area contributed by atoms with E-state index in [9.17, 15) is 0 Å². The van der Waals surface area contributed by atoms with Gasteiger partial charge in [0.15, 0.2) is 0 Å². The molecule has 57 heavy (non-hydrogen) atoms. The summed E-state index contributed by atoms with van der Waals surface area (Å²) in [6, 6.07) is 77.0. The van der Waals surface area contributed by atoms with Crippen molar-refractivity contribution in [3.8, 4) is 65.4 Å². The van der Waals surface area contributed by atoms with Crippen molar-refractivity contribution in [1.29, 1.82) is 0 Å². The zero-order chi connectivity index (χ0) is 38.3. The number of nitrogens with zero attached hydrogens (tertiary/aromatic N) is 1. The number of hydrogen-bond donors (Lipinski definition) is 0. The SMILES string of the molecule is CC1(C)c2cc(-c3ccc(N(c4ccc(-c5ccccc5)cc4)c4ccc(-c5ccccc5)cc4)cc3)ccc2-c2c(-c3ccccc3)sc(-c3ccccc3)c21. The maximum absolute atomic E-state index is 2.45. The van der Waals surface area contributed by atoms with Gasteiger partial charge in [0.2, 0.25) is 0 Å². The van der Waals surface area contributed by atoms with Crippen molar-refractivity contribution in [2.75, 3.05) is 4.90 Å². The summed E-state index contributed by atoms with van der Waals surface area (Å²) in [5.74, 6) is 0. The Hall–Kier alpha value is -6.74. The van der Waals surface area contributed by atoms with Crippen LogP contribution in [0.2, 0.25) is 0 Å². The van der Waals surface area contributed by atoms with Gasteiger partial charge in [0.25, 0.3) is 0 Å². The van der Waals surface area contributed by atoms with Crippen molar-refractivity contribution >= 4 is 28.4 Å². The molecule has 8 aromatic carbocycles. The molecule has 9 aromatic rings. The molecule has 0 bridgehead atoms. The lowest BCUT2D eigenvalue weighted by molar-refractivity contribution is 0.664. The number of anilines is 3. The first kappa shape index (κ1) is 34.7. The molecule has 1 heterocycles. The first-order valence-corrected chi connectivity index (χ1v) is 20.5. The highest BCUT2D eigenvalue weighted by atomic mass is 32.1. The zero-order valence-corrected chi connectivity index (χ0v) is 32.9. The number of thiophene rings is 1. The topological polar surface area (TPSA) is 3.24 Å². The Bertz CT molecular complexity index is 2720. The highest BCUT2D eigenvalue weighted by molar-refractivity contribution is 7.19. The molecule has 1 aromatic heterocycles. The van der Waals surface area contributed by atoms with E-state index in [0.29, 0.717) is 0 Å². The fourth-order valence-corrected chi connectivity index (χ4v) is 10.1. The number of fused-ring (bicyclic) bond motifs is 3. The Labute approximate surface area is 339 Å². The summed E-state index contributed by atoms with van der Waals surface area (Å²) in [4.78, 5) is 5.07. The molecule has 1 aliphatic rings. The molecule has 0 N–H and O–H groups in total. The van der Waals surface area contributed by atoms with Crippen molar-refractivity contribution in [2.24, 2.45) is 0 Å². The van der Waals surface area contributed by atoms with E-state index in [0.717, 1.165) is 17.1 Å². The van der Waals surface area contributed by atoms with E-state index in [1.54, 1.807) is 0 Å². The van der Waals surface area contributed by atoms with Gasteiger partial charge in [-0.2, -0.15) is 0 Å². The van der Waals surface area contributed by atoms with E-state index in [1.165, 1.54) is 76.5 Å². The lowest BCUT2D eigenvalue weighted by Crippen LogP contribution is -2.15. The molecule has 0 aliphatic heterocycles. The Kier molecular flexibility index (Phi) is 8.77. The van der Waals surface area contributed by atoms with E-state index in [-0.39, 0.29) is 5.41 Å². The largest absolute Gasteiger partial charge is 0.311 e. The fraction of sp³-hybridized carbons (Fsp3) is 0.0545. The molecule has 0 spiro atoms. The molecule has 0 unspecified atom stereocenters. The van der Waals surface area contributed by atoms with Gasteiger partial charge in [-0.3, -0.25) is 0 Å². The molecule has 1 aliphatic carbocycles. The first-order chi connectivity index (χ1) is 28.0. The average Bonchev–Trinajstić information content (AvgIpc) is 3.80. The molecular weight excluding hydrogens is 707 g/mol. The lowest BCUT2D eigenvalue weighted by Gasteiger charge is -2.26. The van der Waals surface area contributed by atoms with E-state index >= 15 is 0 Å². The summed E-state index contributed by atoms with van der Waals surface area (Å²) >= 11 is 1.93. The van der Waals surface area contributed by atoms with Crippen LogP contribution in [0.15, 0.2) is 212 Å². The Morgan fingerprint density at radius 2 is 0.702 bits per heavy atom. The molecule has 2 heteroatoms. The van der Waals surface area contributed by atoms with Gasteiger partial charge >= 0.3 is 0 Å². The van der Waals surface area contributed by atoms with Crippen molar-refractivity contribution in [2.45, 2.75) is 19.3 Å². The monoisotopic (exact) mass is 747 g/mol. The molecule has 0 radical (unpaired) electrons. The van der Waals surface area contributed by atoms with Crippen molar-refractivity contribution in [3.63, 3.8) is 0 Å². The highest BCUT2D eigenvalue weighted by Gasteiger charge is 2.41. The van der Waals surface area contributed by atoms with Gasteiger partial charge in [0.1, 0.15) is 0 Å². The van der Waals surface area contributed by atoms with Crippen LogP contribution in [0.3, 0.4) is 0 Å². The summed E-state index contributed by atoms with van der Waals surface area (Å²) in [5, 5.41) is 0. The second-order valence-corrected chi connectivity index (χ2v) is 16.4. The van der Waals surface area contributed by atoms with Gasteiger partial charge < -0.3 is 4.90 Å². The van der Waals surface area contributed by atoms with Gasteiger partial charge in [-0.1, -0.05) is 184 Å². The fourth-order valence-electron chi connectivity index (χ4n) is 8.58. The summed E-state index contributed by atoms with van der Waals surface area (Å²) in [6.07, 6.45) is 0. The Balaban J connectivity index is 1.03. The van der Waals surface area contributed by atoms with Crippen LogP contribution in [-0.2, 0) is 5.41 Å². The summed E-state index contributed by atoms with van der Waals surface area (Å²) < 4.78 is 0. The lowest BCUT2D eigenvalue weighted by atomic mass is 9.80. The number of hydrogen-bond acceptors (Lipinski definition) is 2. The molecule has 0 atom stereocenters. The molecule has 1 nitrogen and oxygen atoms in total. The zero-order valence-electron chi connectivity index (χ0n) is 32.1. The third kappa shape index (κ3) is 6.29. The van der Waals surface area contributed by atoms with Gasteiger partial charge in [0.05, 0.1) is 0 Å². The third-order valence-electron chi connectivity index (χ3n) is 11.5. The maximum atomic E-state index is 2.45. The number of benzene rings is 8. The summed E-state index contributed by atoms with van der Waals surface area (Å²) in [7, 11) is 0. The minimum atomic E-state index is -0.163. The molecule has 0 amide bonds. The molecule has 10 rings (SSSR count). The standard InChI is InChI=1S/C55H41NS/c1-55(2)50-37-45(29-36-49(50)51-52(55)54(44-21-13-6-14-22-44)57-53(51)43-19-11-5-12-20-43)42-27-34-48(35-28-42)56(46-30-23-40(24-31-46)38-15-7-3-8-16-38)47-32-25-41(26-33-47)39-17-9-4-10-18-39/h3-37H,1-2H3. The van der Waals surface area contributed by atoms with E-state index in [1.807, 2.05) is 11.3 Å². The van der Waals surface area contributed by atoms with Crippen LogP contribution in [-0.4, -0.2) is 0 Å². The summed E-state index contributed by atoms with van der Waals surface area (Å²) in [5.41, 5.74) is 18.6. The minimum absolute atomic E-state index is 0.163. The minimum Gasteiger partial charge on any atom is -0.311 e. The van der Waals surface area contributed by atoms with E-state index < -0.39 is 0 Å². The smallest absolute Gasteiger partial charge is 0.0462 e. The van der Waals surface area contributed by atoms with E-state index in [2.05, 4.69) is 231 Å². The molecule has 0 saturated carbocycles. The van der Waals surface area contributed by atoms with Crippen LogP contribution in [0.5, 0.6) is 0 Å². The predicted molar refractivity (Wildman–Crippen MR) is 244 cm³/mol. The van der Waals surface area contributed by atoms with Crippen LogP contribution in [0.25, 0.3) is 65.4 Å². The van der Waals surface area contributed by atoms with Crippen LogP contribution in [0.1, 0.15) is 25.0 Å². The molecule has 0 saturated heterocycles. The van der Waals surface area contributed by atoms with Gasteiger partial charge in [-0.15, -0.1) is 11.3 Å². The second-order valence-electron chi connectivity index (χ2n) is 15.3. The quantitative estimate of drug-likeness (QED) is 0.150. The van der Waals surface area contributed by atoms with Gasteiger partial charge in [-0.25, -0.2) is 0 Å². The normalized spacial score (nSPS) is 12.5. The number of rotatable bonds is 8. The predicted octanol–water partition coefficient (Wildman–Crippen LogP) is 15.9. The van der Waals surface area contributed by atoms with Crippen LogP contribution < -0.4 is 4.90 Å². The van der Waals surface area contributed by atoms with Crippen LogP contribution >= 0.6 is 11.3 Å². The molecule has 0 fully saturated rings. The molecule has 272 valence electrons. The first-order valence-electron chi connectivity index (χ1n) is 19.7. The van der Waals surface area contributed by atoms with Crippen LogP contribution in [0.4, 0.5) is 17.1 Å². The average molecular weight is 748 g/mol. The van der Waals surface area contributed by atoms with E-state index in [4.69, 9.17) is 0 Å². The van der Waals surface area contributed by atoms with Crippen molar-refractivity contribution in [1.82, 2.24) is 0 Å². The van der Waals surface area contributed by atoms with Crippen molar-refractivity contribution < 1.29 is 0 Å². The second kappa shape index (κ2) is 14.4. The Morgan fingerprint density at radius 1 is 0.351 bits per heavy atom. The maximum Gasteiger partial charge on any atom is 0.0462 e. The highest BCUT2D eigenvalue weighted by Crippen LogP contribution is 2.60.